The zero-order valence-electron chi connectivity index (χ0n) is 11.6. The molecule has 1 aromatic rings. The lowest BCUT2D eigenvalue weighted by Crippen LogP contribution is -2.38. The van der Waals surface area contributed by atoms with Gasteiger partial charge in [0, 0.05) is 12.7 Å². The Hall–Kier alpha value is -1.13. The van der Waals surface area contributed by atoms with Crippen molar-refractivity contribution in [3.63, 3.8) is 0 Å². The van der Waals surface area contributed by atoms with Gasteiger partial charge < -0.3 is 10.4 Å². The average molecular weight is 297 g/mol. The number of hydrogen-bond donors (Lipinski definition) is 2. The molecule has 1 aliphatic carbocycles. The summed E-state index contributed by atoms with van der Waals surface area (Å²) in [5, 5.41) is 13.6. The fourth-order valence-electron chi connectivity index (χ4n) is 2.65. The monoisotopic (exact) mass is 296 g/mol. The van der Waals surface area contributed by atoms with Crippen molar-refractivity contribution >= 4 is 17.5 Å². The van der Waals surface area contributed by atoms with Crippen molar-refractivity contribution < 1.29 is 9.90 Å². The van der Waals surface area contributed by atoms with Gasteiger partial charge in [0.1, 0.15) is 5.15 Å². The zero-order chi connectivity index (χ0) is 14.4. The largest absolute Gasteiger partial charge is 0.389 e. The van der Waals surface area contributed by atoms with Gasteiger partial charge in [-0.3, -0.25) is 4.79 Å². The topological polar surface area (TPSA) is 62.2 Å². The molecular weight excluding hydrogens is 276 g/mol. The van der Waals surface area contributed by atoms with Crippen molar-refractivity contribution in [1.29, 1.82) is 0 Å². The van der Waals surface area contributed by atoms with Crippen LogP contribution in [0.2, 0.25) is 5.15 Å². The summed E-state index contributed by atoms with van der Waals surface area (Å²) in [7, 11) is 0. The molecule has 0 atom stereocenters. The summed E-state index contributed by atoms with van der Waals surface area (Å²) in [5.41, 5.74) is 0.246. The predicted molar refractivity (Wildman–Crippen MR) is 78.6 cm³/mol. The molecule has 20 heavy (non-hydrogen) atoms. The highest BCUT2D eigenvalue weighted by Crippen LogP contribution is 2.30. The van der Waals surface area contributed by atoms with E-state index >= 15 is 0 Å². The molecule has 0 saturated heterocycles. The van der Waals surface area contributed by atoms with E-state index in [0.717, 1.165) is 37.7 Å². The number of pyridine rings is 1. The maximum atomic E-state index is 11.9. The first-order valence-corrected chi connectivity index (χ1v) is 7.55. The van der Waals surface area contributed by atoms with Gasteiger partial charge in [-0.2, -0.15) is 0 Å². The SMILES string of the molecule is O=C(CC1(O)CCCCC1)NCCc1ccc(Cl)nc1. The van der Waals surface area contributed by atoms with Gasteiger partial charge in [0.25, 0.3) is 0 Å². The number of carbonyl (C=O) groups excluding carboxylic acids is 1. The van der Waals surface area contributed by atoms with E-state index in [4.69, 9.17) is 11.6 Å². The maximum Gasteiger partial charge on any atom is 0.222 e. The molecule has 0 aromatic carbocycles. The summed E-state index contributed by atoms with van der Waals surface area (Å²) in [6, 6.07) is 3.64. The predicted octanol–water partition coefficient (Wildman–Crippen LogP) is 2.48. The van der Waals surface area contributed by atoms with Gasteiger partial charge >= 0.3 is 0 Å². The van der Waals surface area contributed by atoms with Crippen LogP contribution in [0.25, 0.3) is 0 Å². The van der Waals surface area contributed by atoms with Crippen molar-refractivity contribution in [2.24, 2.45) is 0 Å². The molecule has 2 N–H and O–H groups in total. The second-order valence-corrected chi connectivity index (χ2v) is 5.94. The van der Waals surface area contributed by atoms with Crippen LogP contribution in [0.5, 0.6) is 0 Å². The van der Waals surface area contributed by atoms with E-state index in [-0.39, 0.29) is 12.3 Å². The number of amides is 1. The number of nitrogens with zero attached hydrogens (tertiary/aromatic N) is 1. The number of aromatic nitrogens is 1. The molecule has 1 aliphatic rings. The number of nitrogens with one attached hydrogen (secondary N) is 1. The normalized spacial score (nSPS) is 17.7. The number of carbonyl (C=O) groups is 1. The summed E-state index contributed by atoms with van der Waals surface area (Å²) >= 11 is 5.71. The van der Waals surface area contributed by atoms with Gasteiger partial charge in [0.2, 0.25) is 5.91 Å². The molecule has 0 bridgehead atoms. The summed E-state index contributed by atoms with van der Waals surface area (Å²) in [4.78, 5) is 15.8. The van der Waals surface area contributed by atoms with Crippen molar-refractivity contribution in [2.75, 3.05) is 6.54 Å². The van der Waals surface area contributed by atoms with E-state index in [1.165, 1.54) is 0 Å². The average Bonchev–Trinajstić information content (AvgIpc) is 2.41. The summed E-state index contributed by atoms with van der Waals surface area (Å²) in [6.45, 7) is 0.554. The Morgan fingerprint density at radius 3 is 2.75 bits per heavy atom. The zero-order valence-corrected chi connectivity index (χ0v) is 12.3. The molecule has 5 heteroatoms. The lowest BCUT2D eigenvalue weighted by Gasteiger charge is -2.31. The molecule has 4 nitrogen and oxygen atoms in total. The molecule has 0 radical (unpaired) electrons. The minimum Gasteiger partial charge on any atom is -0.389 e. The summed E-state index contributed by atoms with van der Waals surface area (Å²) in [5.74, 6) is -0.0728. The molecule has 0 aliphatic heterocycles. The smallest absolute Gasteiger partial charge is 0.222 e. The minimum atomic E-state index is -0.788. The second kappa shape index (κ2) is 7.04. The van der Waals surface area contributed by atoms with Crippen molar-refractivity contribution in [3.8, 4) is 0 Å². The van der Waals surface area contributed by atoms with Crippen LogP contribution in [0.3, 0.4) is 0 Å². The van der Waals surface area contributed by atoms with E-state index in [9.17, 15) is 9.90 Å². The highest BCUT2D eigenvalue weighted by molar-refractivity contribution is 6.29. The Bertz CT molecular complexity index is 442. The number of halogens is 1. The van der Waals surface area contributed by atoms with E-state index in [1.807, 2.05) is 6.07 Å². The maximum absolute atomic E-state index is 11.9. The first kappa shape index (κ1) is 15.3. The van der Waals surface area contributed by atoms with Gasteiger partial charge in [-0.1, -0.05) is 36.9 Å². The Labute approximate surface area is 124 Å². The van der Waals surface area contributed by atoms with Crippen LogP contribution in [-0.2, 0) is 11.2 Å². The first-order chi connectivity index (χ1) is 9.57. The van der Waals surface area contributed by atoms with Crippen LogP contribution in [0.1, 0.15) is 44.1 Å². The fraction of sp³-hybridized carbons (Fsp3) is 0.600. The third-order valence-electron chi connectivity index (χ3n) is 3.80. The van der Waals surface area contributed by atoms with Crippen LogP contribution < -0.4 is 5.32 Å². The molecule has 1 heterocycles. The molecule has 1 aromatic heterocycles. The molecule has 110 valence electrons. The van der Waals surface area contributed by atoms with Crippen molar-refractivity contribution in [2.45, 2.75) is 50.5 Å². The second-order valence-electron chi connectivity index (χ2n) is 5.55. The molecule has 1 fully saturated rings. The van der Waals surface area contributed by atoms with E-state index in [1.54, 1.807) is 12.3 Å². The number of hydrogen-bond acceptors (Lipinski definition) is 3. The standard InChI is InChI=1S/C15H21ClN2O2/c16-13-5-4-12(11-18-13)6-9-17-14(19)10-15(20)7-2-1-3-8-15/h4-5,11,20H,1-3,6-10H2,(H,17,19). The highest BCUT2D eigenvalue weighted by Gasteiger charge is 2.31. The van der Waals surface area contributed by atoms with Crippen LogP contribution >= 0.6 is 11.6 Å². The Balaban J connectivity index is 1.71. The fourth-order valence-corrected chi connectivity index (χ4v) is 2.76. The van der Waals surface area contributed by atoms with Crippen molar-refractivity contribution in [3.05, 3.63) is 29.0 Å². The summed E-state index contributed by atoms with van der Waals surface area (Å²) in [6.07, 6.45) is 7.31. The van der Waals surface area contributed by atoms with Crippen LogP contribution in [0, 0.1) is 0 Å². The van der Waals surface area contributed by atoms with E-state index in [0.29, 0.717) is 18.1 Å². The van der Waals surface area contributed by atoms with Gasteiger partial charge in [-0.15, -0.1) is 0 Å². The quantitative estimate of drug-likeness (QED) is 0.821. The van der Waals surface area contributed by atoms with Crippen LogP contribution in [0.15, 0.2) is 18.3 Å². The molecule has 0 spiro atoms. The van der Waals surface area contributed by atoms with Gasteiger partial charge in [0.15, 0.2) is 0 Å². The van der Waals surface area contributed by atoms with E-state index < -0.39 is 5.60 Å². The number of rotatable bonds is 5. The third-order valence-corrected chi connectivity index (χ3v) is 4.02. The lowest BCUT2D eigenvalue weighted by molar-refractivity contribution is -0.127. The lowest BCUT2D eigenvalue weighted by atomic mass is 9.82. The minimum absolute atomic E-state index is 0.0728. The highest BCUT2D eigenvalue weighted by atomic mass is 35.5. The number of aliphatic hydroxyl groups is 1. The van der Waals surface area contributed by atoms with Crippen LogP contribution in [-0.4, -0.2) is 28.1 Å². The third kappa shape index (κ3) is 4.76. The Kier molecular flexibility index (Phi) is 5.38. The molecule has 1 amide bonds. The van der Waals surface area contributed by atoms with Gasteiger partial charge in [-0.05, 0) is 30.9 Å². The van der Waals surface area contributed by atoms with Crippen molar-refractivity contribution in [1.82, 2.24) is 10.3 Å². The van der Waals surface area contributed by atoms with E-state index in [2.05, 4.69) is 10.3 Å². The Morgan fingerprint density at radius 1 is 1.35 bits per heavy atom. The molecule has 1 saturated carbocycles. The molecule has 2 rings (SSSR count). The first-order valence-electron chi connectivity index (χ1n) is 7.17. The van der Waals surface area contributed by atoms with Gasteiger partial charge in [-0.25, -0.2) is 4.98 Å². The Morgan fingerprint density at radius 2 is 2.10 bits per heavy atom. The molecule has 0 unspecified atom stereocenters. The molecular formula is C15H21ClN2O2. The van der Waals surface area contributed by atoms with Gasteiger partial charge in [0.05, 0.1) is 12.0 Å². The van der Waals surface area contributed by atoms with Crippen LogP contribution in [0.4, 0.5) is 0 Å². The summed E-state index contributed by atoms with van der Waals surface area (Å²) < 4.78 is 0.